The summed E-state index contributed by atoms with van der Waals surface area (Å²) < 4.78 is 1.71. The lowest BCUT2D eigenvalue weighted by molar-refractivity contribution is -0.384. The van der Waals surface area contributed by atoms with E-state index in [-0.39, 0.29) is 11.6 Å². The summed E-state index contributed by atoms with van der Waals surface area (Å²) in [6.07, 6.45) is 0. The van der Waals surface area contributed by atoms with Crippen LogP contribution < -0.4 is 10.6 Å². The van der Waals surface area contributed by atoms with Gasteiger partial charge in [-0.15, -0.1) is 0 Å². The van der Waals surface area contributed by atoms with E-state index in [2.05, 4.69) is 21.8 Å². The Labute approximate surface area is 185 Å². The molecule has 1 heterocycles. The van der Waals surface area contributed by atoms with Gasteiger partial charge in [0.05, 0.1) is 10.5 Å². The number of nitro groups is 1. The second-order valence-electron chi connectivity index (χ2n) is 8.30. The lowest BCUT2D eigenvalue weighted by Gasteiger charge is -2.23. The minimum atomic E-state index is -0.475. The van der Waals surface area contributed by atoms with Gasteiger partial charge in [0.2, 0.25) is 0 Å². The lowest BCUT2D eigenvalue weighted by Crippen LogP contribution is -2.25. The first kappa shape index (κ1) is 22.5. The second kappa shape index (κ2) is 8.51. The van der Waals surface area contributed by atoms with Crippen molar-refractivity contribution in [3.8, 4) is 17.3 Å². The van der Waals surface area contributed by atoms with Crippen molar-refractivity contribution in [1.82, 2.24) is 15.1 Å². The van der Waals surface area contributed by atoms with Gasteiger partial charge in [0, 0.05) is 36.0 Å². The smallest absolute Gasteiger partial charge is 0.269 e. The van der Waals surface area contributed by atoms with E-state index in [0.29, 0.717) is 33.9 Å². The van der Waals surface area contributed by atoms with E-state index in [9.17, 15) is 20.2 Å². The topological polar surface area (TPSA) is 126 Å². The largest absolute Gasteiger partial charge is 0.355 e. The Morgan fingerprint density at radius 3 is 2.38 bits per heavy atom. The molecule has 1 aromatic heterocycles. The van der Waals surface area contributed by atoms with Gasteiger partial charge in [0.25, 0.3) is 11.6 Å². The fraction of sp³-hybridized carbons (Fsp3) is 0.261. The summed E-state index contributed by atoms with van der Waals surface area (Å²) in [5.41, 5.74) is 2.78. The number of benzene rings is 2. The minimum Gasteiger partial charge on any atom is -0.355 e. The van der Waals surface area contributed by atoms with Crippen molar-refractivity contribution < 1.29 is 9.72 Å². The van der Waals surface area contributed by atoms with Crippen LogP contribution in [-0.2, 0) is 5.54 Å². The van der Waals surface area contributed by atoms with Crippen molar-refractivity contribution in [3.05, 3.63) is 69.3 Å². The molecule has 0 saturated carbocycles. The summed E-state index contributed by atoms with van der Waals surface area (Å²) in [5, 5.41) is 31.5. The number of nitriles is 1. The van der Waals surface area contributed by atoms with Gasteiger partial charge in [0.1, 0.15) is 23.1 Å². The second-order valence-corrected chi connectivity index (χ2v) is 8.30. The summed E-state index contributed by atoms with van der Waals surface area (Å²) in [5.74, 6) is 0.266. The van der Waals surface area contributed by atoms with E-state index in [1.54, 1.807) is 29.9 Å². The van der Waals surface area contributed by atoms with Crippen LogP contribution in [-0.4, -0.2) is 27.7 Å². The number of nitro benzene ring substituents is 1. The standard InChI is InChI=1S/C23H24N6O3/c1-14-6-9-16(12-18(14)22(30)25-5)26-21-19(13-24)20(27-28(21)23(2,3)4)15-7-10-17(11-8-15)29(31)32/h6-12,26H,1-5H3,(H,25,30). The van der Waals surface area contributed by atoms with E-state index in [4.69, 9.17) is 0 Å². The molecule has 0 saturated heterocycles. The van der Waals surface area contributed by atoms with Gasteiger partial charge in [-0.3, -0.25) is 14.9 Å². The average molecular weight is 432 g/mol. The average Bonchev–Trinajstić information content (AvgIpc) is 3.13. The number of hydrogen-bond donors (Lipinski definition) is 2. The molecule has 32 heavy (non-hydrogen) atoms. The number of non-ortho nitro benzene ring substituents is 1. The van der Waals surface area contributed by atoms with Crippen molar-refractivity contribution in [2.24, 2.45) is 0 Å². The van der Waals surface area contributed by atoms with Crippen molar-refractivity contribution >= 4 is 23.1 Å². The maximum Gasteiger partial charge on any atom is 0.269 e. The molecular weight excluding hydrogens is 408 g/mol. The molecule has 3 aromatic rings. The fourth-order valence-electron chi connectivity index (χ4n) is 3.28. The number of nitrogens with zero attached hydrogens (tertiary/aromatic N) is 4. The Hall–Kier alpha value is -4.19. The molecule has 164 valence electrons. The van der Waals surface area contributed by atoms with E-state index in [1.807, 2.05) is 39.8 Å². The molecule has 1 amide bonds. The summed E-state index contributed by atoms with van der Waals surface area (Å²) in [6, 6.07) is 13.5. The first-order valence-electron chi connectivity index (χ1n) is 9.95. The molecule has 2 aromatic carbocycles. The maximum absolute atomic E-state index is 12.2. The van der Waals surface area contributed by atoms with Crippen LogP contribution in [0.15, 0.2) is 42.5 Å². The van der Waals surface area contributed by atoms with Crippen LogP contribution in [0.2, 0.25) is 0 Å². The Kier molecular flexibility index (Phi) is 5.98. The Bertz CT molecular complexity index is 1230. The molecule has 0 aliphatic heterocycles. The predicted molar refractivity (Wildman–Crippen MR) is 122 cm³/mol. The van der Waals surface area contributed by atoms with E-state index < -0.39 is 10.5 Å². The first-order chi connectivity index (χ1) is 15.1. The van der Waals surface area contributed by atoms with Crippen LogP contribution in [0.3, 0.4) is 0 Å². The fourth-order valence-corrected chi connectivity index (χ4v) is 3.28. The molecule has 0 unspecified atom stereocenters. The highest BCUT2D eigenvalue weighted by atomic mass is 16.6. The Morgan fingerprint density at radius 1 is 1.19 bits per heavy atom. The molecule has 0 aliphatic carbocycles. The zero-order valence-electron chi connectivity index (χ0n) is 18.6. The van der Waals surface area contributed by atoms with Crippen LogP contribution in [0.5, 0.6) is 0 Å². The molecule has 0 bridgehead atoms. The number of anilines is 2. The number of carbonyl (C=O) groups is 1. The van der Waals surface area contributed by atoms with Crippen molar-refractivity contribution in [1.29, 1.82) is 5.26 Å². The van der Waals surface area contributed by atoms with E-state index in [1.165, 1.54) is 12.1 Å². The minimum absolute atomic E-state index is 0.0396. The summed E-state index contributed by atoms with van der Waals surface area (Å²) in [4.78, 5) is 22.7. The molecule has 0 radical (unpaired) electrons. The van der Waals surface area contributed by atoms with E-state index >= 15 is 0 Å². The molecule has 3 rings (SSSR count). The van der Waals surface area contributed by atoms with Gasteiger partial charge in [-0.05, 0) is 57.5 Å². The summed E-state index contributed by atoms with van der Waals surface area (Å²) in [7, 11) is 1.57. The normalized spacial score (nSPS) is 11.0. The highest BCUT2D eigenvalue weighted by Gasteiger charge is 2.26. The van der Waals surface area contributed by atoms with Gasteiger partial charge in [-0.25, -0.2) is 4.68 Å². The number of rotatable bonds is 5. The van der Waals surface area contributed by atoms with Gasteiger partial charge < -0.3 is 10.6 Å². The van der Waals surface area contributed by atoms with Crippen LogP contribution in [0.1, 0.15) is 42.3 Å². The predicted octanol–water partition coefficient (Wildman–Crippen LogP) is 4.50. The SMILES string of the molecule is CNC(=O)c1cc(Nc2c(C#N)c(-c3ccc([N+](=O)[O-])cc3)nn2C(C)(C)C)ccc1C. The zero-order valence-corrected chi connectivity index (χ0v) is 18.6. The highest BCUT2D eigenvalue weighted by molar-refractivity contribution is 5.96. The summed E-state index contributed by atoms with van der Waals surface area (Å²) in [6.45, 7) is 7.71. The Morgan fingerprint density at radius 2 is 1.84 bits per heavy atom. The third-order valence-corrected chi connectivity index (χ3v) is 4.96. The molecule has 9 nitrogen and oxygen atoms in total. The molecule has 0 fully saturated rings. The molecular formula is C23H24N6O3. The van der Waals surface area contributed by atoms with Crippen LogP contribution in [0, 0.1) is 28.4 Å². The van der Waals surface area contributed by atoms with Crippen LogP contribution >= 0.6 is 0 Å². The first-order valence-corrected chi connectivity index (χ1v) is 9.95. The molecule has 0 atom stereocenters. The summed E-state index contributed by atoms with van der Waals surface area (Å²) >= 11 is 0. The highest BCUT2D eigenvalue weighted by Crippen LogP contribution is 2.35. The van der Waals surface area contributed by atoms with Crippen molar-refractivity contribution in [2.75, 3.05) is 12.4 Å². The molecule has 9 heteroatoms. The maximum atomic E-state index is 12.2. The number of amides is 1. The molecule has 0 aliphatic rings. The van der Waals surface area contributed by atoms with Gasteiger partial charge in [-0.1, -0.05) is 6.07 Å². The lowest BCUT2D eigenvalue weighted by atomic mass is 10.1. The third-order valence-electron chi connectivity index (χ3n) is 4.96. The van der Waals surface area contributed by atoms with Crippen molar-refractivity contribution in [3.63, 3.8) is 0 Å². The van der Waals surface area contributed by atoms with Crippen molar-refractivity contribution in [2.45, 2.75) is 33.2 Å². The number of hydrogen-bond acceptors (Lipinski definition) is 6. The Balaban J connectivity index is 2.15. The van der Waals surface area contributed by atoms with E-state index in [0.717, 1.165) is 5.56 Å². The molecule has 0 spiro atoms. The number of aromatic nitrogens is 2. The zero-order chi connectivity index (χ0) is 23.6. The number of nitrogens with one attached hydrogen (secondary N) is 2. The molecule has 2 N–H and O–H groups in total. The quantitative estimate of drug-likeness (QED) is 0.452. The monoisotopic (exact) mass is 432 g/mol. The van der Waals surface area contributed by atoms with Crippen LogP contribution in [0.4, 0.5) is 17.2 Å². The van der Waals surface area contributed by atoms with Gasteiger partial charge >= 0.3 is 0 Å². The van der Waals surface area contributed by atoms with Gasteiger partial charge in [-0.2, -0.15) is 10.4 Å². The third kappa shape index (κ3) is 4.30. The number of carbonyl (C=O) groups excluding carboxylic acids is 1. The van der Waals surface area contributed by atoms with Crippen LogP contribution in [0.25, 0.3) is 11.3 Å². The van der Waals surface area contributed by atoms with Gasteiger partial charge in [0.15, 0.2) is 0 Å². The number of aryl methyl sites for hydroxylation is 1.